The molecule has 2 unspecified atom stereocenters. The molecule has 0 spiro atoms. The number of hydrogen-bond donors (Lipinski definition) is 0. The Morgan fingerprint density at radius 1 is 1.31 bits per heavy atom. The van der Waals surface area contributed by atoms with Crippen LogP contribution in [0.15, 0.2) is 35.8 Å². The number of hydrogen-bond acceptors (Lipinski definition) is 5. The van der Waals surface area contributed by atoms with Gasteiger partial charge in [-0.05, 0) is 50.2 Å². The molecule has 2 atom stereocenters. The Labute approximate surface area is 178 Å². The van der Waals surface area contributed by atoms with E-state index in [9.17, 15) is 4.79 Å². The Hall–Kier alpha value is -2.15. The summed E-state index contributed by atoms with van der Waals surface area (Å²) in [5, 5.41) is 2.69. The molecule has 0 saturated carbocycles. The molecule has 1 saturated heterocycles. The Morgan fingerprint density at radius 2 is 2.17 bits per heavy atom. The lowest BCUT2D eigenvalue weighted by Gasteiger charge is -2.22. The largest absolute Gasteiger partial charge is 0.479 e. The SMILES string of the molecule is CN(C)C1CCN(C(=O)C2Cc3cc(Cl)cc(-c4ccnc5ccsc45)c3O2)C1. The molecule has 1 amide bonds. The molecule has 0 N–H and O–H groups in total. The maximum absolute atomic E-state index is 13.1. The molecule has 0 bridgehead atoms. The van der Waals surface area contributed by atoms with E-state index in [1.54, 1.807) is 17.5 Å². The first-order chi connectivity index (χ1) is 14.0. The number of carbonyl (C=O) groups is 1. The van der Waals surface area contributed by atoms with Crippen molar-refractivity contribution in [3.63, 3.8) is 0 Å². The Bertz CT molecular complexity index is 1100. The van der Waals surface area contributed by atoms with Gasteiger partial charge >= 0.3 is 0 Å². The van der Waals surface area contributed by atoms with Crippen molar-refractivity contribution in [3.05, 3.63) is 46.4 Å². The van der Waals surface area contributed by atoms with Crippen LogP contribution >= 0.6 is 22.9 Å². The van der Waals surface area contributed by atoms with Crippen LogP contribution in [0.5, 0.6) is 5.75 Å². The normalized spacial score (nSPS) is 21.0. The molecule has 29 heavy (non-hydrogen) atoms. The minimum absolute atomic E-state index is 0.0728. The monoisotopic (exact) mass is 427 g/mol. The van der Waals surface area contributed by atoms with E-state index < -0.39 is 6.10 Å². The highest BCUT2D eigenvalue weighted by Gasteiger charge is 2.37. The molecule has 5 nitrogen and oxygen atoms in total. The number of likely N-dealkylation sites (tertiary alicyclic amines) is 1. The number of amides is 1. The Kier molecular flexibility index (Phi) is 4.73. The third kappa shape index (κ3) is 3.29. The molecular formula is C22H22ClN3O2S. The van der Waals surface area contributed by atoms with Crippen molar-refractivity contribution in [1.29, 1.82) is 0 Å². The van der Waals surface area contributed by atoms with Crippen molar-refractivity contribution in [1.82, 2.24) is 14.8 Å². The zero-order chi connectivity index (χ0) is 20.1. The fraction of sp³-hybridized carbons (Fsp3) is 0.364. The zero-order valence-electron chi connectivity index (χ0n) is 16.4. The van der Waals surface area contributed by atoms with Crippen molar-refractivity contribution < 1.29 is 9.53 Å². The number of ether oxygens (including phenoxy) is 1. The molecule has 3 aromatic rings. The van der Waals surface area contributed by atoms with E-state index in [1.807, 2.05) is 34.5 Å². The molecule has 5 rings (SSSR count). The number of nitrogens with zero attached hydrogens (tertiary/aromatic N) is 3. The number of fused-ring (bicyclic) bond motifs is 2. The zero-order valence-corrected chi connectivity index (χ0v) is 18.0. The number of rotatable bonds is 3. The van der Waals surface area contributed by atoms with Gasteiger partial charge < -0.3 is 14.5 Å². The van der Waals surface area contributed by atoms with E-state index >= 15 is 0 Å². The van der Waals surface area contributed by atoms with Crippen LogP contribution in [0, 0.1) is 0 Å². The fourth-order valence-electron chi connectivity index (χ4n) is 4.32. The van der Waals surface area contributed by atoms with Crippen LogP contribution in [-0.4, -0.2) is 60.0 Å². The maximum atomic E-state index is 13.1. The number of benzene rings is 1. The highest BCUT2D eigenvalue weighted by atomic mass is 35.5. The van der Waals surface area contributed by atoms with Gasteiger partial charge in [0.15, 0.2) is 6.10 Å². The van der Waals surface area contributed by atoms with Crippen LogP contribution < -0.4 is 4.74 Å². The first-order valence-corrected chi connectivity index (χ1v) is 11.0. The predicted octanol–water partition coefficient (Wildman–Crippen LogP) is 4.08. The number of thiophene rings is 1. The lowest BCUT2D eigenvalue weighted by molar-refractivity contribution is -0.136. The third-order valence-corrected chi connectivity index (χ3v) is 7.07. The summed E-state index contributed by atoms with van der Waals surface area (Å²) in [6, 6.07) is 8.27. The van der Waals surface area contributed by atoms with Crippen molar-refractivity contribution >= 4 is 39.1 Å². The van der Waals surface area contributed by atoms with Crippen LogP contribution in [0.1, 0.15) is 12.0 Å². The second-order valence-corrected chi connectivity index (χ2v) is 9.29. The van der Waals surface area contributed by atoms with Gasteiger partial charge in [-0.2, -0.15) is 0 Å². The van der Waals surface area contributed by atoms with Gasteiger partial charge in [-0.1, -0.05) is 11.6 Å². The summed E-state index contributed by atoms with van der Waals surface area (Å²) < 4.78 is 7.36. The molecule has 1 aromatic carbocycles. The van der Waals surface area contributed by atoms with Crippen LogP contribution in [0.3, 0.4) is 0 Å². The summed E-state index contributed by atoms with van der Waals surface area (Å²) in [7, 11) is 4.13. The van der Waals surface area contributed by atoms with Crippen LogP contribution in [0.25, 0.3) is 21.3 Å². The summed E-state index contributed by atoms with van der Waals surface area (Å²) >= 11 is 8.09. The first-order valence-electron chi connectivity index (χ1n) is 9.78. The highest BCUT2D eigenvalue weighted by Crippen LogP contribution is 2.44. The van der Waals surface area contributed by atoms with Crippen molar-refractivity contribution in [2.24, 2.45) is 0 Å². The molecular weight excluding hydrogens is 406 g/mol. The first kappa shape index (κ1) is 18.9. The highest BCUT2D eigenvalue weighted by molar-refractivity contribution is 7.17. The summed E-state index contributed by atoms with van der Waals surface area (Å²) in [6.07, 6.45) is 2.89. The molecule has 2 aliphatic heterocycles. The van der Waals surface area contributed by atoms with Crippen molar-refractivity contribution in [2.45, 2.75) is 25.0 Å². The van der Waals surface area contributed by atoms with E-state index in [4.69, 9.17) is 16.3 Å². The van der Waals surface area contributed by atoms with Crippen LogP contribution in [0.4, 0.5) is 0 Å². The molecule has 4 heterocycles. The Morgan fingerprint density at radius 3 is 2.97 bits per heavy atom. The lowest BCUT2D eigenvalue weighted by atomic mass is 10.0. The number of pyridine rings is 1. The molecule has 2 aliphatic rings. The average molecular weight is 428 g/mol. The van der Waals surface area contributed by atoms with Crippen molar-refractivity contribution in [2.75, 3.05) is 27.2 Å². The fourth-order valence-corrected chi connectivity index (χ4v) is 5.44. The molecule has 2 aromatic heterocycles. The quantitative estimate of drug-likeness (QED) is 0.631. The van der Waals surface area contributed by atoms with E-state index in [0.29, 0.717) is 17.5 Å². The number of carbonyl (C=O) groups excluding carboxylic acids is 1. The van der Waals surface area contributed by atoms with Gasteiger partial charge in [-0.25, -0.2) is 0 Å². The van der Waals surface area contributed by atoms with E-state index in [-0.39, 0.29) is 5.91 Å². The van der Waals surface area contributed by atoms with E-state index in [1.165, 1.54) is 0 Å². The maximum Gasteiger partial charge on any atom is 0.264 e. The number of halogens is 1. The summed E-state index contributed by atoms with van der Waals surface area (Å²) in [4.78, 5) is 21.7. The van der Waals surface area contributed by atoms with Gasteiger partial charge in [0.25, 0.3) is 5.91 Å². The number of aromatic nitrogens is 1. The smallest absolute Gasteiger partial charge is 0.264 e. The second kappa shape index (κ2) is 7.27. The summed E-state index contributed by atoms with van der Waals surface area (Å²) in [5.74, 6) is 0.848. The molecule has 150 valence electrons. The van der Waals surface area contributed by atoms with Gasteiger partial charge in [0.1, 0.15) is 5.75 Å². The van der Waals surface area contributed by atoms with Gasteiger partial charge in [-0.15, -0.1) is 11.3 Å². The number of likely N-dealkylation sites (N-methyl/N-ethyl adjacent to an activating group) is 1. The van der Waals surface area contributed by atoms with E-state index in [0.717, 1.165) is 52.2 Å². The molecule has 0 radical (unpaired) electrons. The third-order valence-electron chi connectivity index (χ3n) is 5.91. The van der Waals surface area contributed by atoms with Crippen LogP contribution in [-0.2, 0) is 11.2 Å². The Balaban J connectivity index is 1.46. The van der Waals surface area contributed by atoms with Gasteiger partial charge in [0, 0.05) is 53.5 Å². The van der Waals surface area contributed by atoms with Crippen LogP contribution in [0.2, 0.25) is 5.02 Å². The summed E-state index contributed by atoms with van der Waals surface area (Å²) in [6.45, 7) is 1.54. The molecule has 0 aliphatic carbocycles. The lowest BCUT2D eigenvalue weighted by Crippen LogP contribution is -2.41. The predicted molar refractivity (Wildman–Crippen MR) is 117 cm³/mol. The topological polar surface area (TPSA) is 45.7 Å². The standard InChI is InChI=1S/C22H22ClN3O2S/c1-25(2)15-4-7-26(12-15)22(27)19-10-13-9-14(23)11-17(20(13)28-19)16-3-6-24-18-5-8-29-21(16)18/h3,5-6,8-9,11,15,19H,4,7,10,12H2,1-2H3. The van der Waals surface area contributed by atoms with Crippen molar-refractivity contribution in [3.8, 4) is 16.9 Å². The van der Waals surface area contributed by atoms with Gasteiger partial charge in [0.2, 0.25) is 0 Å². The summed E-state index contributed by atoms with van der Waals surface area (Å²) in [5.41, 5.74) is 3.94. The minimum atomic E-state index is -0.483. The molecule has 7 heteroatoms. The van der Waals surface area contributed by atoms with E-state index in [2.05, 4.69) is 24.0 Å². The minimum Gasteiger partial charge on any atom is -0.479 e. The van der Waals surface area contributed by atoms with Gasteiger partial charge in [0.05, 0.1) is 10.2 Å². The molecule has 1 fully saturated rings. The second-order valence-electron chi connectivity index (χ2n) is 7.94. The average Bonchev–Trinajstić information content (AvgIpc) is 3.44. The van der Waals surface area contributed by atoms with Gasteiger partial charge in [-0.3, -0.25) is 9.78 Å².